The summed E-state index contributed by atoms with van der Waals surface area (Å²) in [7, 11) is 0. The molecule has 1 fully saturated rings. The zero-order chi connectivity index (χ0) is 13.3. The average molecular weight is 261 g/mol. The Kier molecular flexibility index (Phi) is 6.38. The fourth-order valence-electron chi connectivity index (χ4n) is 2.81. The van der Waals surface area contributed by atoms with Gasteiger partial charge in [-0.05, 0) is 50.1 Å². The van der Waals surface area contributed by atoms with Gasteiger partial charge in [0.15, 0.2) is 0 Å². The van der Waals surface area contributed by atoms with Gasteiger partial charge in [0.2, 0.25) is 0 Å². The summed E-state index contributed by atoms with van der Waals surface area (Å²) >= 11 is 0. The summed E-state index contributed by atoms with van der Waals surface area (Å²) < 4.78 is 5.50. The standard InChI is InChI=1S/C17H27NO/c1-2-11-18-17(13-16-10-12-19-14-16)9-8-15-6-4-3-5-7-15/h3-7,16-18H,2,8-14H2,1H3. The number of hydrogen-bond donors (Lipinski definition) is 1. The Morgan fingerprint density at radius 1 is 1.32 bits per heavy atom. The fourth-order valence-corrected chi connectivity index (χ4v) is 2.81. The lowest BCUT2D eigenvalue weighted by atomic mass is 9.94. The van der Waals surface area contributed by atoms with E-state index in [2.05, 4.69) is 42.6 Å². The Labute approximate surface area is 117 Å². The smallest absolute Gasteiger partial charge is 0.0495 e. The molecule has 1 saturated heterocycles. The van der Waals surface area contributed by atoms with Crippen LogP contribution in [0.3, 0.4) is 0 Å². The molecule has 0 spiro atoms. The van der Waals surface area contributed by atoms with Crippen LogP contribution in [0.4, 0.5) is 0 Å². The van der Waals surface area contributed by atoms with Crippen molar-refractivity contribution in [3.8, 4) is 0 Å². The molecule has 0 saturated carbocycles. The Bertz CT molecular complexity index is 332. The van der Waals surface area contributed by atoms with Crippen molar-refractivity contribution in [3.63, 3.8) is 0 Å². The summed E-state index contributed by atoms with van der Waals surface area (Å²) in [6, 6.07) is 11.5. The van der Waals surface area contributed by atoms with Crippen molar-refractivity contribution >= 4 is 0 Å². The molecular formula is C17H27NO. The van der Waals surface area contributed by atoms with Crippen LogP contribution in [0.1, 0.15) is 38.2 Å². The number of nitrogens with one attached hydrogen (secondary N) is 1. The van der Waals surface area contributed by atoms with E-state index < -0.39 is 0 Å². The van der Waals surface area contributed by atoms with Crippen LogP contribution in [0.15, 0.2) is 30.3 Å². The topological polar surface area (TPSA) is 21.3 Å². The number of rotatable bonds is 8. The molecule has 2 rings (SSSR count). The third kappa shape index (κ3) is 5.33. The monoisotopic (exact) mass is 261 g/mol. The van der Waals surface area contributed by atoms with Crippen LogP contribution >= 0.6 is 0 Å². The lowest BCUT2D eigenvalue weighted by molar-refractivity contribution is 0.181. The van der Waals surface area contributed by atoms with Crippen LogP contribution in [-0.4, -0.2) is 25.8 Å². The molecule has 1 N–H and O–H groups in total. The Hall–Kier alpha value is -0.860. The Morgan fingerprint density at radius 3 is 2.84 bits per heavy atom. The molecular weight excluding hydrogens is 234 g/mol. The molecule has 2 nitrogen and oxygen atoms in total. The molecule has 1 aliphatic heterocycles. The molecule has 1 aromatic rings. The minimum Gasteiger partial charge on any atom is -0.381 e. The normalized spacial score (nSPS) is 20.6. The van der Waals surface area contributed by atoms with Gasteiger partial charge < -0.3 is 10.1 Å². The Balaban J connectivity index is 1.78. The lowest BCUT2D eigenvalue weighted by Gasteiger charge is -2.21. The first-order valence-corrected chi connectivity index (χ1v) is 7.73. The minimum atomic E-state index is 0.645. The predicted octanol–water partition coefficient (Wildman–Crippen LogP) is 3.41. The summed E-state index contributed by atoms with van der Waals surface area (Å²) in [5.41, 5.74) is 1.45. The molecule has 2 atom stereocenters. The van der Waals surface area contributed by atoms with Crippen molar-refractivity contribution in [1.29, 1.82) is 0 Å². The van der Waals surface area contributed by atoms with Crippen LogP contribution < -0.4 is 5.32 Å². The van der Waals surface area contributed by atoms with Crippen molar-refractivity contribution < 1.29 is 4.74 Å². The molecule has 0 aromatic heterocycles. The van der Waals surface area contributed by atoms with Gasteiger partial charge in [-0.15, -0.1) is 0 Å². The lowest BCUT2D eigenvalue weighted by Crippen LogP contribution is -2.32. The second-order valence-corrected chi connectivity index (χ2v) is 5.64. The zero-order valence-corrected chi connectivity index (χ0v) is 12.1. The van der Waals surface area contributed by atoms with Crippen LogP contribution in [-0.2, 0) is 11.2 Å². The molecule has 1 aromatic carbocycles. The van der Waals surface area contributed by atoms with Crippen LogP contribution in [0.5, 0.6) is 0 Å². The summed E-state index contributed by atoms with van der Waals surface area (Å²) in [5.74, 6) is 0.769. The largest absolute Gasteiger partial charge is 0.381 e. The van der Waals surface area contributed by atoms with E-state index in [-0.39, 0.29) is 0 Å². The molecule has 0 aliphatic carbocycles. The number of aryl methyl sites for hydroxylation is 1. The third-order valence-corrected chi connectivity index (χ3v) is 3.95. The fraction of sp³-hybridized carbons (Fsp3) is 0.647. The van der Waals surface area contributed by atoms with E-state index in [0.29, 0.717) is 6.04 Å². The molecule has 0 amide bonds. The maximum Gasteiger partial charge on any atom is 0.0495 e. The first-order chi connectivity index (χ1) is 9.38. The van der Waals surface area contributed by atoms with Crippen molar-refractivity contribution in [2.75, 3.05) is 19.8 Å². The average Bonchev–Trinajstić information content (AvgIpc) is 2.96. The number of benzene rings is 1. The van der Waals surface area contributed by atoms with Gasteiger partial charge in [0.1, 0.15) is 0 Å². The van der Waals surface area contributed by atoms with Gasteiger partial charge in [-0.2, -0.15) is 0 Å². The van der Waals surface area contributed by atoms with E-state index in [9.17, 15) is 0 Å². The predicted molar refractivity (Wildman–Crippen MR) is 80.4 cm³/mol. The Morgan fingerprint density at radius 2 is 2.16 bits per heavy atom. The maximum atomic E-state index is 5.50. The second kappa shape index (κ2) is 8.34. The van der Waals surface area contributed by atoms with E-state index in [1.165, 1.54) is 37.7 Å². The second-order valence-electron chi connectivity index (χ2n) is 5.64. The van der Waals surface area contributed by atoms with Gasteiger partial charge in [-0.3, -0.25) is 0 Å². The molecule has 19 heavy (non-hydrogen) atoms. The molecule has 1 aliphatic rings. The summed E-state index contributed by atoms with van der Waals surface area (Å²) in [5, 5.41) is 3.71. The van der Waals surface area contributed by atoms with Gasteiger partial charge in [0, 0.05) is 19.3 Å². The van der Waals surface area contributed by atoms with Crippen molar-refractivity contribution in [3.05, 3.63) is 35.9 Å². The maximum absolute atomic E-state index is 5.50. The van der Waals surface area contributed by atoms with Gasteiger partial charge >= 0.3 is 0 Å². The first kappa shape index (κ1) is 14.5. The number of ether oxygens (including phenoxy) is 1. The van der Waals surface area contributed by atoms with E-state index in [4.69, 9.17) is 4.74 Å². The highest BCUT2D eigenvalue weighted by molar-refractivity contribution is 5.14. The van der Waals surface area contributed by atoms with Crippen molar-refractivity contribution in [2.24, 2.45) is 5.92 Å². The summed E-state index contributed by atoms with van der Waals surface area (Å²) in [4.78, 5) is 0. The van der Waals surface area contributed by atoms with Gasteiger partial charge in [-0.25, -0.2) is 0 Å². The highest BCUT2D eigenvalue weighted by atomic mass is 16.5. The third-order valence-electron chi connectivity index (χ3n) is 3.95. The van der Waals surface area contributed by atoms with E-state index in [0.717, 1.165) is 25.7 Å². The first-order valence-electron chi connectivity index (χ1n) is 7.73. The number of hydrogen-bond acceptors (Lipinski definition) is 2. The minimum absolute atomic E-state index is 0.645. The zero-order valence-electron chi connectivity index (χ0n) is 12.1. The van der Waals surface area contributed by atoms with Gasteiger partial charge in [0.05, 0.1) is 0 Å². The molecule has 2 heteroatoms. The van der Waals surface area contributed by atoms with E-state index in [1.807, 2.05) is 0 Å². The van der Waals surface area contributed by atoms with Crippen molar-refractivity contribution in [2.45, 2.75) is 45.1 Å². The van der Waals surface area contributed by atoms with E-state index in [1.54, 1.807) is 0 Å². The van der Waals surface area contributed by atoms with Gasteiger partial charge in [0.25, 0.3) is 0 Å². The molecule has 106 valence electrons. The quantitative estimate of drug-likeness (QED) is 0.774. The highest BCUT2D eigenvalue weighted by Gasteiger charge is 2.20. The SMILES string of the molecule is CCCNC(CCc1ccccc1)CC1CCOC1. The molecule has 0 radical (unpaired) electrons. The molecule has 2 unspecified atom stereocenters. The summed E-state index contributed by atoms with van der Waals surface area (Å²) in [6.45, 7) is 5.30. The van der Waals surface area contributed by atoms with Crippen LogP contribution in [0.25, 0.3) is 0 Å². The van der Waals surface area contributed by atoms with Crippen LogP contribution in [0, 0.1) is 5.92 Å². The van der Waals surface area contributed by atoms with Gasteiger partial charge in [-0.1, -0.05) is 37.3 Å². The van der Waals surface area contributed by atoms with Crippen molar-refractivity contribution in [1.82, 2.24) is 5.32 Å². The van der Waals surface area contributed by atoms with E-state index >= 15 is 0 Å². The summed E-state index contributed by atoms with van der Waals surface area (Å²) in [6.07, 6.45) is 6.14. The molecule has 0 bridgehead atoms. The highest BCUT2D eigenvalue weighted by Crippen LogP contribution is 2.20. The van der Waals surface area contributed by atoms with Crippen LogP contribution in [0.2, 0.25) is 0 Å². The molecule has 1 heterocycles.